The Morgan fingerprint density at radius 1 is 1.32 bits per heavy atom. The zero-order valence-electron chi connectivity index (χ0n) is 11.2. The molecule has 19 heavy (non-hydrogen) atoms. The van der Waals surface area contributed by atoms with E-state index in [1.54, 1.807) is 0 Å². The third-order valence-corrected chi connectivity index (χ3v) is 4.01. The maximum absolute atomic E-state index is 12.3. The fourth-order valence-corrected chi connectivity index (χ4v) is 2.59. The van der Waals surface area contributed by atoms with Crippen molar-refractivity contribution in [1.29, 1.82) is 0 Å². The van der Waals surface area contributed by atoms with Crippen LogP contribution in [0.2, 0.25) is 0 Å². The van der Waals surface area contributed by atoms with Crippen LogP contribution in [-0.4, -0.2) is 47.2 Å². The Hall–Kier alpha value is -1.07. The number of piperidine rings is 1. The number of rotatable bonds is 3. The lowest BCUT2D eigenvalue weighted by Gasteiger charge is -2.31. The lowest BCUT2D eigenvalue weighted by Crippen LogP contribution is -2.44. The van der Waals surface area contributed by atoms with Crippen LogP contribution in [-0.2, 0) is 0 Å². The molecule has 0 spiro atoms. The van der Waals surface area contributed by atoms with Crippen LogP contribution in [0, 0.1) is 0 Å². The molecule has 2 N–H and O–H groups in total. The van der Waals surface area contributed by atoms with Crippen molar-refractivity contribution in [2.45, 2.75) is 37.6 Å². The monoisotopic (exact) mass is 284 g/mol. The Labute approximate surface area is 119 Å². The Balaban J connectivity index is 0.00000133. The molecule has 1 saturated carbocycles. The zero-order valence-corrected chi connectivity index (χ0v) is 12.0. The maximum atomic E-state index is 12.3. The molecule has 1 aliphatic heterocycles. The van der Waals surface area contributed by atoms with E-state index in [-0.39, 0.29) is 18.3 Å². The van der Waals surface area contributed by atoms with Gasteiger partial charge in [0.15, 0.2) is 0 Å². The fourth-order valence-electron chi connectivity index (χ4n) is 2.59. The molecule has 0 atom stereocenters. The van der Waals surface area contributed by atoms with Crippen LogP contribution >= 0.6 is 12.4 Å². The number of nitrogens with zero attached hydrogens (tertiary/aromatic N) is 2. The summed E-state index contributed by atoms with van der Waals surface area (Å²) in [4.78, 5) is 14.2. The molecule has 0 bridgehead atoms. The van der Waals surface area contributed by atoms with Gasteiger partial charge in [-0.25, -0.2) is 0 Å². The topological polar surface area (TPSA) is 61.0 Å². The molecule has 3 rings (SSSR count). The van der Waals surface area contributed by atoms with Crippen LogP contribution in [0.15, 0.2) is 6.07 Å². The molecule has 6 heteroatoms. The molecule has 2 heterocycles. The van der Waals surface area contributed by atoms with Gasteiger partial charge in [-0.05, 0) is 44.8 Å². The molecule has 0 aromatic carbocycles. The normalized spacial score (nSPS) is 19.8. The van der Waals surface area contributed by atoms with E-state index in [4.69, 9.17) is 0 Å². The van der Waals surface area contributed by atoms with E-state index in [2.05, 4.69) is 15.5 Å². The first-order chi connectivity index (χ1) is 8.75. The Kier molecular flexibility index (Phi) is 4.47. The third kappa shape index (κ3) is 3.09. The maximum Gasteiger partial charge on any atom is 0.274 e. The van der Waals surface area contributed by atoms with Crippen molar-refractivity contribution in [3.05, 3.63) is 17.5 Å². The average Bonchev–Trinajstić information content (AvgIpc) is 3.16. The van der Waals surface area contributed by atoms with Gasteiger partial charge in [0.25, 0.3) is 5.91 Å². The minimum Gasteiger partial charge on any atom is -0.337 e. The van der Waals surface area contributed by atoms with Crippen molar-refractivity contribution in [2.24, 2.45) is 0 Å². The summed E-state index contributed by atoms with van der Waals surface area (Å²) in [7, 11) is 1.89. The van der Waals surface area contributed by atoms with E-state index in [1.807, 2.05) is 18.0 Å². The molecule has 5 nitrogen and oxygen atoms in total. The Morgan fingerprint density at radius 2 is 2.00 bits per heavy atom. The lowest BCUT2D eigenvalue weighted by atomic mass is 10.1. The SMILES string of the molecule is CN(C(=O)c1cc(C2CC2)[nH]n1)C1CCNCC1.Cl. The number of carbonyl (C=O) groups is 1. The van der Waals surface area contributed by atoms with Gasteiger partial charge in [0, 0.05) is 24.7 Å². The molecule has 106 valence electrons. The molecule has 1 aliphatic carbocycles. The molecule has 1 aromatic rings. The van der Waals surface area contributed by atoms with Crippen molar-refractivity contribution in [2.75, 3.05) is 20.1 Å². The second kappa shape index (κ2) is 5.92. The minimum absolute atomic E-state index is 0. The molecule has 1 saturated heterocycles. The minimum atomic E-state index is 0. The Morgan fingerprint density at radius 3 is 2.63 bits per heavy atom. The quantitative estimate of drug-likeness (QED) is 0.885. The van der Waals surface area contributed by atoms with Crippen molar-refractivity contribution in [1.82, 2.24) is 20.4 Å². The highest BCUT2D eigenvalue weighted by atomic mass is 35.5. The first-order valence-corrected chi connectivity index (χ1v) is 6.79. The van der Waals surface area contributed by atoms with Crippen LogP contribution in [0.25, 0.3) is 0 Å². The van der Waals surface area contributed by atoms with Crippen molar-refractivity contribution in [3.63, 3.8) is 0 Å². The highest BCUT2D eigenvalue weighted by Gasteiger charge is 2.28. The summed E-state index contributed by atoms with van der Waals surface area (Å²) in [5.74, 6) is 0.660. The summed E-state index contributed by atoms with van der Waals surface area (Å²) < 4.78 is 0. The first kappa shape index (κ1) is 14.3. The van der Waals surface area contributed by atoms with Gasteiger partial charge in [-0.3, -0.25) is 9.89 Å². The number of carbonyl (C=O) groups excluding carboxylic acids is 1. The molecular weight excluding hydrogens is 264 g/mol. The molecule has 2 aliphatic rings. The summed E-state index contributed by atoms with van der Waals surface area (Å²) in [5, 5.41) is 10.5. The van der Waals surface area contributed by atoms with Crippen LogP contribution in [0.3, 0.4) is 0 Å². The average molecular weight is 285 g/mol. The molecule has 0 unspecified atom stereocenters. The number of aromatic amines is 1. The number of H-pyrrole nitrogens is 1. The second-order valence-electron chi connectivity index (χ2n) is 5.38. The van der Waals surface area contributed by atoms with Gasteiger partial charge in [0.1, 0.15) is 5.69 Å². The van der Waals surface area contributed by atoms with E-state index in [9.17, 15) is 4.79 Å². The number of hydrogen-bond donors (Lipinski definition) is 2. The highest BCUT2D eigenvalue weighted by Crippen LogP contribution is 2.39. The summed E-state index contributed by atoms with van der Waals surface area (Å²) in [6.07, 6.45) is 4.50. The smallest absolute Gasteiger partial charge is 0.274 e. The number of nitrogens with one attached hydrogen (secondary N) is 2. The van der Waals surface area contributed by atoms with Crippen molar-refractivity contribution < 1.29 is 4.79 Å². The van der Waals surface area contributed by atoms with Crippen LogP contribution in [0.4, 0.5) is 0 Å². The fraction of sp³-hybridized carbons (Fsp3) is 0.692. The van der Waals surface area contributed by atoms with Crippen molar-refractivity contribution in [3.8, 4) is 0 Å². The van der Waals surface area contributed by atoms with Gasteiger partial charge in [-0.1, -0.05) is 0 Å². The second-order valence-corrected chi connectivity index (χ2v) is 5.38. The summed E-state index contributed by atoms with van der Waals surface area (Å²) >= 11 is 0. The van der Waals surface area contributed by atoms with Gasteiger partial charge < -0.3 is 10.2 Å². The highest BCUT2D eigenvalue weighted by molar-refractivity contribution is 5.92. The molecule has 0 radical (unpaired) electrons. The van der Waals surface area contributed by atoms with E-state index in [0.29, 0.717) is 17.7 Å². The van der Waals surface area contributed by atoms with Gasteiger partial charge in [-0.2, -0.15) is 5.10 Å². The number of amides is 1. The standard InChI is InChI=1S/C13H20N4O.ClH/c1-17(10-4-6-14-7-5-10)13(18)12-8-11(15-16-12)9-2-3-9;/h8-10,14H,2-7H2,1H3,(H,15,16);1H. The third-order valence-electron chi connectivity index (χ3n) is 4.01. The number of hydrogen-bond acceptors (Lipinski definition) is 3. The lowest BCUT2D eigenvalue weighted by molar-refractivity contribution is 0.0697. The molecular formula is C13H21ClN4O. The predicted molar refractivity (Wildman–Crippen MR) is 75.8 cm³/mol. The summed E-state index contributed by atoms with van der Waals surface area (Å²) in [6.45, 7) is 1.99. The van der Waals surface area contributed by atoms with E-state index in [1.165, 1.54) is 12.8 Å². The van der Waals surface area contributed by atoms with Crippen molar-refractivity contribution >= 4 is 18.3 Å². The number of aromatic nitrogens is 2. The zero-order chi connectivity index (χ0) is 12.5. The molecule has 2 fully saturated rings. The van der Waals surface area contributed by atoms with Gasteiger partial charge in [-0.15, -0.1) is 12.4 Å². The van der Waals surface area contributed by atoms with Gasteiger partial charge >= 0.3 is 0 Å². The van der Waals surface area contributed by atoms with E-state index >= 15 is 0 Å². The van der Waals surface area contributed by atoms with Gasteiger partial charge in [0.05, 0.1) is 0 Å². The van der Waals surface area contributed by atoms with E-state index in [0.717, 1.165) is 31.6 Å². The first-order valence-electron chi connectivity index (χ1n) is 6.79. The molecule has 1 aromatic heterocycles. The van der Waals surface area contributed by atoms with Crippen LogP contribution in [0.1, 0.15) is 47.8 Å². The van der Waals surface area contributed by atoms with Crippen LogP contribution in [0.5, 0.6) is 0 Å². The largest absolute Gasteiger partial charge is 0.337 e. The summed E-state index contributed by atoms with van der Waals surface area (Å²) in [5.41, 5.74) is 1.69. The van der Waals surface area contributed by atoms with Gasteiger partial charge in [0.2, 0.25) is 0 Å². The number of halogens is 1. The summed E-state index contributed by atoms with van der Waals surface area (Å²) in [6, 6.07) is 2.28. The van der Waals surface area contributed by atoms with Crippen LogP contribution < -0.4 is 5.32 Å². The predicted octanol–water partition coefficient (Wildman–Crippen LogP) is 1.53. The van der Waals surface area contributed by atoms with E-state index < -0.39 is 0 Å². The molecule has 1 amide bonds. The Bertz CT molecular complexity index is 438.